The molecule has 1 aromatic rings. The summed E-state index contributed by atoms with van der Waals surface area (Å²) in [6.07, 6.45) is 0. The van der Waals surface area contributed by atoms with Gasteiger partial charge in [0.05, 0.1) is 24.8 Å². The lowest BCUT2D eigenvalue weighted by molar-refractivity contribution is 0.0480. The number of hydrogen-bond acceptors (Lipinski definition) is 3. The van der Waals surface area contributed by atoms with Crippen molar-refractivity contribution in [3.8, 4) is 0 Å². The minimum absolute atomic E-state index is 0.120. The number of benzene rings is 1. The molecule has 120 valence electrons. The van der Waals surface area contributed by atoms with Crippen LogP contribution >= 0.6 is 0 Å². The zero-order chi connectivity index (χ0) is 15.9. The summed E-state index contributed by atoms with van der Waals surface area (Å²) in [5.74, 6) is -4.07. The zero-order valence-electron chi connectivity index (χ0n) is 12.2. The van der Waals surface area contributed by atoms with E-state index in [1.165, 1.54) is 4.90 Å². The number of likely N-dealkylation sites (N-methyl/N-ethyl adjacent to an activating group) is 1. The topological polar surface area (TPSA) is 32.8 Å². The Balaban J connectivity index is 1.92. The lowest BCUT2D eigenvalue weighted by atomic mass is 10.1. The third-order valence-electron chi connectivity index (χ3n) is 4.15. The third kappa shape index (κ3) is 2.83. The molecule has 0 unspecified atom stereocenters. The number of hydrogen-bond donors (Lipinski definition) is 0. The van der Waals surface area contributed by atoms with E-state index in [9.17, 15) is 18.0 Å². The quantitative estimate of drug-likeness (QED) is 0.737. The molecule has 0 saturated carbocycles. The fourth-order valence-corrected chi connectivity index (χ4v) is 3.17. The van der Waals surface area contributed by atoms with Gasteiger partial charge < -0.3 is 14.5 Å². The predicted octanol–water partition coefficient (Wildman–Crippen LogP) is 1.51. The van der Waals surface area contributed by atoms with Crippen molar-refractivity contribution in [3.05, 3.63) is 35.1 Å². The number of rotatable bonds is 1. The summed E-state index contributed by atoms with van der Waals surface area (Å²) in [6.45, 7) is 2.70. The molecule has 1 aromatic carbocycles. The Morgan fingerprint density at radius 2 is 1.82 bits per heavy atom. The summed E-state index contributed by atoms with van der Waals surface area (Å²) in [7, 11) is 1.96. The molecule has 2 saturated heterocycles. The Bertz CT molecular complexity index is 596. The predicted molar refractivity (Wildman–Crippen MR) is 72.9 cm³/mol. The number of halogens is 3. The molecule has 0 spiro atoms. The normalized spacial score (nSPS) is 25.9. The van der Waals surface area contributed by atoms with Crippen LogP contribution in [0.3, 0.4) is 0 Å². The van der Waals surface area contributed by atoms with Crippen LogP contribution in [0.2, 0.25) is 0 Å². The first kappa shape index (κ1) is 15.3. The Morgan fingerprint density at radius 3 is 2.59 bits per heavy atom. The Morgan fingerprint density at radius 1 is 1.09 bits per heavy atom. The summed E-state index contributed by atoms with van der Waals surface area (Å²) < 4.78 is 45.8. The molecule has 4 nitrogen and oxygen atoms in total. The molecule has 2 heterocycles. The second-order valence-corrected chi connectivity index (χ2v) is 5.98. The fraction of sp³-hybridized carbons (Fsp3) is 0.533. The summed E-state index contributed by atoms with van der Waals surface area (Å²) in [6, 6.07) is 0.819. The average Bonchev–Trinajstić information content (AvgIpc) is 2.72. The van der Waals surface area contributed by atoms with E-state index in [1.807, 2.05) is 7.05 Å². The Kier molecular flexibility index (Phi) is 4.10. The Labute approximate surface area is 126 Å². The van der Waals surface area contributed by atoms with E-state index < -0.39 is 28.9 Å². The first-order chi connectivity index (χ1) is 10.5. The highest BCUT2D eigenvalue weighted by molar-refractivity contribution is 5.94. The fourth-order valence-electron chi connectivity index (χ4n) is 3.17. The van der Waals surface area contributed by atoms with Crippen LogP contribution in [0.5, 0.6) is 0 Å². The summed E-state index contributed by atoms with van der Waals surface area (Å²) in [4.78, 5) is 16.2. The molecule has 0 N–H and O–H groups in total. The van der Waals surface area contributed by atoms with Gasteiger partial charge >= 0.3 is 0 Å². The maximum atomic E-state index is 13.9. The Hall–Kier alpha value is -1.60. The maximum absolute atomic E-state index is 13.9. The maximum Gasteiger partial charge on any atom is 0.257 e. The first-order valence-corrected chi connectivity index (χ1v) is 7.17. The van der Waals surface area contributed by atoms with Crippen molar-refractivity contribution >= 4 is 5.91 Å². The van der Waals surface area contributed by atoms with E-state index in [2.05, 4.69) is 4.90 Å². The SMILES string of the molecule is CN1C[C@@H]2COC[C@H](C1)N(C(=O)c1cc(F)c(F)cc1F)C2. The number of amides is 1. The molecule has 2 bridgehead atoms. The van der Waals surface area contributed by atoms with Gasteiger partial charge in [-0.05, 0) is 13.1 Å². The van der Waals surface area contributed by atoms with Gasteiger partial charge in [-0.2, -0.15) is 0 Å². The van der Waals surface area contributed by atoms with E-state index in [1.54, 1.807) is 0 Å². The minimum Gasteiger partial charge on any atom is -0.379 e. The second kappa shape index (κ2) is 5.89. The van der Waals surface area contributed by atoms with E-state index in [4.69, 9.17) is 4.74 Å². The van der Waals surface area contributed by atoms with Gasteiger partial charge in [-0.1, -0.05) is 0 Å². The highest BCUT2D eigenvalue weighted by Gasteiger charge is 2.36. The lowest BCUT2D eigenvalue weighted by Gasteiger charge is -2.29. The first-order valence-electron chi connectivity index (χ1n) is 7.17. The largest absolute Gasteiger partial charge is 0.379 e. The molecule has 2 atom stereocenters. The van der Waals surface area contributed by atoms with Gasteiger partial charge in [-0.3, -0.25) is 4.79 Å². The smallest absolute Gasteiger partial charge is 0.257 e. The highest BCUT2D eigenvalue weighted by atomic mass is 19.2. The van der Waals surface area contributed by atoms with Crippen LogP contribution < -0.4 is 0 Å². The third-order valence-corrected chi connectivity index (χ3v) is 4.15. The molecule has 22 heavy (non-hydrogen) atoms. The molecule has 0 aliphatic carbocycles. The van der Waals surface area contributed by atoms with Crippen LogP contribution in [0.1, 0.15) is 10.4 Å². The summed E-state index contributed by atoms with van der Waals surface area (Å²) in [5, 5.41) is 0. The molecule has 7 heteroatoms. The van der Waals surface area contributed by atoms with Crippen molar-refractivity contribution in [2.24, 2.45) is 5.92 Å². The van der Waals surface area contributed by atoms with Gasteiger partial charge in [0.15, 0.2) is 11.6 Å². The van der Waals surface area contributed by atoms with Crippen molar-refractivity contribution < 1.29 is 22.7 Å². The van der Waals surface area contributed by atoms with Crippen LogP contribution in [0.4, 0.5) is 13.2 Å². The molecule has 1 amide bonds. The number of ether oxygens (including phenoxy) is 1. The number of fused-ring (bicyclic) bond motifs is 3. The van der Waals surface area contributed by atoms with E-state index in [-0.39, 0.29) is 12.0 Å². The number of carbonyl (C=O) groups excluding carboxylic acids is 1. The highest BCUT2D eigenvalue weighted by Crippen LogP contribution is 2.23. The molecule has 0 radical (unpaired) electrons. The van der Waals surface area contributed by atoms with E-state index in [0.717, 1.165) is 6.54 Å². The summed E-state index contributed by atoms with van der Waals surface area (Å²) >= 11 is 0. The van der Waals surface area contributed by atoms with Gasteiger partial charge in [0.25, 0.3) is 5.91 Å². The van der Waals surface area contributed by atoms with Crippen LogP contribution in [-0.2, 0) is 4.74 Å². The molecule has 2 aliphatic rings. The molecular weight excluding hydrogens is 297 g/mol. The van der Waals surface area contributed by atoms with Gasteiger partial charge in [0.2, 0.25) is 0 Å². The van der Waals surface area contributed by atoms with Crippen LogP contribution in [0.15, 0.2) is 12.1 Å². The minimum atomic E-state index is -1.30. The average molecular weight is 314 g/mol. The van der Waals surface area contributed by atoms with Crippen LogP contribution in [-0.4, -0.2) is 61.6 Å². The van der Waals surface area contributed by atoms with Crippen molar-refractivity contribution in [3.63, 3.8) is 0 Å². The van der Waals surface area contributed by atoms with E-state index >= 15 is 0 Å². The van der Waals surface area contributed by atoms with E-state index in [0.29, 0.717) is 38.4 Å². The summed E-state index contributed by atoms with van der Waals surface area (Å²) in [5.41, 5.74) is -0.436. The van der Waals surface area contributed by atoms with Gasteiger partial charge in [-0.25, -0.2) is 13.2 Å². The monoisotopic (exact) mass is 314 g/mol. The van der Waals surface area contributed by atoms with Crippen molar-refractivity contribution in [2.75, 3.05) is 39.9 Å². The van der Waals surface area contributed by atoms with Gasteiger partial charge in [0.1, 0.15) is 5.82 Å². The van der Waals surface area contributed by atoms with Gasteiger partial charge in [0, 0.05) is 31.6 Å². The number of nitrogens with zero attached hydrogens (tertiary/aromatic N) is 2. The molecule has 0 aromatic heterocycles. The number of carbonyl (C=O) groups is 1. The van der Waals surface area contributed by atoms with Crippen LogP contribution in [0, 0.1) is 23.4 Å². The molecule has 2 aliphatic heterocycles. The molecule has 3 rings (SSSR count). The van der Waals surface area contributed by atoms with Crippen LogP contribution in [0.25, 0.3) is 0 Å². The molecule has 2 fully saturated rings. The molecular formula is C15H17F3N2O2. The lowest BCUT2D eigenvalue weighted by Crippen LogP contribution is -2.46. The van der Waals surface area contributed by atoms with Gasteiger partial charge in [-0.15, -0.1) is 0 Å². The zero-order valence-corrected chi connectivity index (χ0v) is 12.2. The second-order valence-electron chi connectivity index (χ2n) is 5.98. The van der Waals surface area contributed by atoms with Crippen molar-refractivity contribution in [1.82, 2.24) is 9.80 Å². The standard InChI is InChI=1S/C15H17F3N2O2/c1-19-4-9-5-20(10(6-19)8-22-7-9)15(21)11-2-13(17)14(18)3-12(11)16/h2-3,9-10H,4-8H2,1H3/t9-,10-/m0/s1. The van der Waals surface area contributed by atoms with Crippen molar-refractivity contribution in [1.29, 1.82) is 0 Å². The van der Waals surface area contributed by atoms with Crippen molar-refractivity contribution in [2.45, 2.75) is 6.04 Å².